The molecule has 0 N–H and O–H groups in total. The standard InChI is InChI=1S/C11H8F3NO3S/c12-11(13,14)19(17,18)15-10(16)9-6-5-7-3-1-2-4-8(7)9/h1-6,9H,(H,15,16)/p-1. The summed E-state index contributed by atoms with van der Waals surface area (Å²) < 4.78 is 60.3. The van der Waals surface area contributed by atoms with Gasteiger partial charge in [0.25, 0.3) is 0 Å². The highest BCUT2D eigenvalue weighted by Crippen LogP contribution is 2.31. The number of nitrogens with zero attached hydrogens (tertiary/aromatic N) is 1. The van der Waals surface area contributed by atoms with Gasteiger partial charge < -0.3 is 5.11 Å². The van der Waals surface area contributed by atoms with E-state index in [0.717, 1.165) is 0 Å². The number of hydrogen-bond donors (Lipinski definition) is 0. The molecule has 1 aliphatic carbocycles. The minimum absolute atomic E-state index is 0.439. The summed E-state index contributed by atoms with van der Waals surface area (Å²) in [7, 11) is -5.80. The molecule has 8 heteroatoms. The van der Waals surface area contributed by atoms with Gasteiger partial charge in [-0.25, -0.2) is 0 Å². The smallest absolute Gasteiger partial charge is 0.518 e. The zero-order chi connectivity index (χ0) is 14.3. The third-order valence-electron chi connectivity index (χ3n) is 2.57. The van der Waals surface area contributed by atoms with Gasteiger partial charge in [0.15, 0.2) is 0 Å². The zero-order valence-electron chi connectivity index (χ0n) is 9.26. The molecule has 1 aliphatic rings. The Bertz CT molecular complexity index is 662. The van der Waals surface area contributed by atoms with E-state index in [9.17, 15) is 26.7 Å². The Hall–Kier alpha value is -1.83. The first-order valence-corrected chi connectivity index (χ1v) is 6.51. The van der Waals surface area contributed by atoms with E-state index >= 15 is 0 Å². The molecule has 0 aliphatic heterocycles. The molecule has 0 fully saturated rings. The van der Waals surface area contributed by atoms with Crippen molar-refractivity contribution in [1.29, 1.82) is 0 Å². The Labute approximate surface area is 107 Å². The number of sulfonamides is 1. The molecule has 0 radical (unpaired) electrons. The maximum Gasteiger partial charge on any atom is 0.518 e. The van der Waals surface area contributed by atoms with E-state index in [4.69, 9.17) is 0 Å². The summed E-state index contributed by atoms with van der Waals surface area (Å²) in [6, 6.07) is 6.50. The van der Waals surface area contributed by atoms with Crippen molar-refractivity contribution in [3.63, 3.8) is 0 Å². The lowest BCUT2D eigenvalue weighted by Crippen LogP contribution is -2.29. The minimum atomic E-state index is -5.80. The quantitative estimate of drug-likeness (QED) is 0.610. The molecule has 1 aromatic carbocycles. The van der Waals surface area contributed by atoms with Gasteiger partial charge in [0.05, 0.1) is 0 Å². The predicted octanol–water partition coefficient (Wildman–Crippen LogP) is 1.41. The molecule has 0 saturated heterocycles. The molecule has 0 spiro atoms. The molecule has 102 valence electrons. The molecule has 0 heterocycles. The average molecular weight is 290 g/mol. The maximum atomic E-state index is 12.1. The SMILES string of the molecule is O=S(=O)(/N=C(\[O-])C1C=Cc2ccccc21)C(F)(F)F. The van der Waals surface area contributed by atoms with Crippen molar-refractivity contribution in [1.82, 2.24) is 0 Å². The monoisotopic (exact) mass is 290 g/mol. The molecule has 0 bridgehead atoms. The summed E-state index contributed by atoms with van der Waals surface area (Å²) in [5, 5.41) is 11.6. The van der Waals surface area contributed by atoms with Gasteiger partial charge in [-0.05, 0) is 17.0 Å². The summed E-state index contributed by atoms with van der Waals surface area (Å²) in [4.78, 5) is 0. The normalized spacial score (nSPS) is 19.5. The van der Waals surface area contributed by atoms with Gasteiger partial charge in [0.2, 0.25) is 0 Å². The first-order valence-electron chi connectivity index (χ1n) is 5.07. The lowest BCUT2D eigenvalue weighted by atomic mass is 10.0. The Balaban J connectivity index is 2.38. The molecule has 0 saturated carbocycles. The highest BCUT2D eigenvalue weighted by Gasteiger charge is 2.46. The zero-order valence-corrected chi connectivity index (χ0v) is 10.1. The number of alkyl halides is 3. The van der Waals surface area contributed by atoms with Gasteiger partial charge in [0, 0.05) is 5.92 Å². The first-order chi connectivity index (χ1) is 8.72. The van der Waals surface area contributed by atoms with Gasteiger partial charge in [0.1, 0.15) is 0 Å². The van der Waals surface area contributed by atoms with E-state index in [2.05, 4.69) is 4.40 Å². The number of rotatable bonds is 2. The van der Waals surface area contributed by atoms with Crippen LogP contribution in [0.4, 0.5) is 13.2 Å². The van der Waals surface area contributed by atoms with Crippen LogP contribution in [0, 0.1) is 0 Å². The highest BCUT2D eigenvalue weighted by atomic mass is 32.2. The van der Waals surface area contributed by atoms with Gasteiger partial charge >= 0.3 is 15.5 Å². The van der Waals surface area contributed by atoms with Crippen LogP contribution in [0.5, 0.6) is 0 Å². The van der Waals surface area contributed by atoms with E-state index in [-0.39, 0.29) is 0 Å². The fourth-order valence-corrected chi connectivity index (χ4v) is 2.15. The van der Waals surface area contributed by atoms with Crippen molar-refractivity contribution in [2.24, 2.45) is 4.40 Å². The molecule has 19 heavy (non-hydrogen) atoms. The molecule has 0 aromatic heterocycles. The van der Waals surface area contributed by atoms with Crippen LogP contribution in [0.2, 0.25) is 0 Å². The second-order valence-corrected chi connectivity index (χ2v) is 5.41. The fourth-order valence-electron chi connectivity index (χ4n) is 1.69. The summed E-state index contributed by atoms with van der Waals surface area (Å²) in [6.07, 6.45) is 2.86. The van der Waals surface area contributed by atoms with Gasteiger partial charge in [-0.15, -0.1) is 0 Å². The fraction of sp³-hybridized carbons (Fsp3) is 0.182. The third kappa shape index (κ3) is 2.48. The Kier molecular flexibility index (Phi) is 3.13. The third-order valence-corrected chi connectivity index (χ3v) is 3.57. The Morgan fingerprint density at radius 2 is 1.89 bits per heavy atom. The lowest BCUT2D eigenvalue weighted by Gasteiger charge is -2.18. The molecule has 1 unspecified atom stereocenters. The van der Waals surface area contributed by atoms with Crippen LogP contribution in [0.15, 0.2) is 34.7 Å². The van der Waals surface area contributed by atoms with E-state index in [1.165, 1.54) is 18.2 Å². The summed E-state index contributed by atoms with van der Waals surface area (Å²) in [6.45, 7) is 0. The van der Waals surface area contributed by atoms with E-state index < -0.39 is 27.3 Å². The summed E-state index contributed by atoms with van der Waals surface area (Å²) >= 11 is 0. The summed E-state index contributed by atoms with van der Waals surface area (Å²) in [5.74, 6) is -2.44. The Morgan fingerprint density at radius 3 is 2.53 bits per heavy atom. The number of benzene rings is 1. The van der Waals surface area contributed by atoms with E-state index in [1.54, 1.807) is 18.2 Å². The van der Waals surface area contributed by atoms with Gasteiger partial charge in [-0.2, -0.15) is 26.0 Å². The van der Waals surface area contributed by atoms with Crippen molar-refractivity contribution in [2.45, 2.75) is 11.4 Å². The van der Waals surface area contributed by atoms with Crippen molar-refractivity contribution in [3.05, 3.63) is 41.5 Å². The number of fused-ring (bicyclic) bond motifs is 1. The second kappa shape index (κ2) is 4.37. The summed E-state index contributed by atoms with van der Waals surface area (Å²) in [5.41, 5.74) is -4.47. The van der Waals surface area contributed by atoms with Crippen LogP contribution in [0.3, 0.4) is 0 Å². The van der Waals surface area contributed by atoms with Crippen LogP contribution in [-0.2, 0) is 10.0 Å². The van der Waals surface area contributed by atoms with E-state index in [1.807, 2.05) is 0 Å². The largest absolute Gasteiger partial charge is 0.860 e. The maximum absolute atomic E-state index is 12.1. The Morgan fingerprint density at radius 1 is 1.26 bits per heavy atom. The number of hydrogen-bond acceptors (Lipinski definition) is 3. The van der Waals surface area contributed by atoms with Gasteiger partial charge in [-0.3, -0.25) is 0 Å². The molecule has 4 nitrogen and oxygen atoms in total. The molecular formula is C11H7F3NO3S-. The highest BCUT2D eigenvalue weighted by molar-refractivity contribution is 7.91. The molecule has 2 rings (SSSR count). The van der Waals surface area contributed by atoms with Crippen molar-refractivity contribution >= 4 is 22.0 Å². The average Bonchev–Trinajstić information content (AvgIpc) is 2.70. The van der Waals surface area contributed by atoms with Crippen molar-refractivity contribution in [2.75, 3.05) is 0 Å². The van der Waals surface area contributed by atoms with Crippen LogP contribution < -0.4 is 5.11 Å². The van der Waals surface area contributed by atoms with Crippen LogP contribution in [-0.4, -0.2) is 19.8 Å². The molecule has 0 amide bonds. The molecular weight excluding hydrogens is 283 g/mol. The van der Waals surface area contributed by atoms with Crippen LogP contribution in [0.25, 0.3) is 6.08 Å². The second-order valence-electron chi connectivity index (χ2n) is 3.82. The topological polar surface area (TPSA) is 69.6 Å². The van der Waals surface area contributed by atoms with Crippen molar-refractivity contribution < 1.29 is 26.7 Å². The van der Waals surface area contributed by atoms with Crippen LogP contribution in [0.1, 0.15) is 17.0 Å². The van der Waals surface area contributed by atoms with Gasteiger partial charge in [-0.1, -0.05) is 36.4 Å². The van der Waals surface area contributed by atoms with Crippen molar-refractivity contribution in [3.8, 4) is 0 Å². The molecule has 1 aromatic rings. The lowest BCUT2D eigenvalue weighted by molar-refractivity contribution is -0.218. The van der Waals surface area contributed by atoms with Crippen LogP contribution >= 0.6 is 0 Å². The minimum Gasteiger partial charge on any atom is -0.860 e. The van der Waals surface area contributed by atoms with E-state index in [0.29, 0.717) is 11.1 Å². The first kappa shape index (κ1) is 13.6. The molecule has 1 atom stereocenters. The predicted molar refractivity (Wildman–Crippen MR) is 60.6 cm³/mol. The number of halogens is 3.